The van der Waals surface area contributed by atoms with Crippen molar-refractivity contribution in [1.82, 2.24) is 9.80 Å². The SMILES string of the molecule is CN(C)CCN.CN(C)CCN.[Cu+2]. The first-order chi connectivity index (χ1) is 5.54. The minimum Gasteiger partial charge on any atom is -0.329 e. The Kier molecular flexibility index (Phi) is 21.7. The zero-order valence-electron chi connectivity index (χ0n) is 9.18. The van der Waals surface area contributed by atoms with Crippen molar-refractivity contribution in [2.24, 2.45) is 11.5 Å². The molecule has 0 rings (SSSR count). The van der Waals surface area contributed by atoms with Gasteiger partial charge in [-0.05, 0) is 28.2 Å². The Morgan fingerprint density at radius 1 is 0.769 bits per heavy atom. The Balaban J connectivity index is -0.000000143. The molecule has 5 heteroatoms. The number of hydrogen-bond donors (Lipinski definition) is 2. The van der Waals surface area contributed by atoms with Gasteiger partial charge in [0.15, 0.2) is 0 Å². The van der Waals surface area contributed by atoms with Gasteiger partial charge < -0.3 is 21.3 Å². The molecule has 4 nitrogen and oxygen atoms in total. The van der Waals surface area contributed by atoms with Crippen LogP contribution in [0.15, 0.2) is 0 Å². The Bertz CT molecular complexity index is 68.5. The van der Waals surface area contributed by atoms with E-state index in [1.807, 2.05) is 28.2 Å². The van der Waals surface area contributed by atoms with Gasteiger partial charge >= 0.3 is 17.1 Å². The van der Waals surface area contributed by atoms with Crippen LogP contribution in [0.5, 0.6) is 0 Å². The van der Waals surface area contributed by atoms with Crippen molar-refractivity contribution in [2.75, 3.05) is 54.4 Å². The van der Waals surface area contributed by atoms with Crippen molar-refractivity contribution in [3.63, 3.8) is 0 Å². The quantitative estimate of drug-likeness (QED) is 0.619. The van der Waals surface area contributed by atoms with Crippen molar-refractivity contribution in [2.45, 2.75) is 0 Å². The van der Waals surface area contributed by atoms with E-state index >= 15 is 0 Å². The summed E-state index contributed by atoms with van der Waals surface area (Å²) in [5.41, 5.74) is 10.4. The molecule has 0 bridgehead atoms. The van der Waals surface area contributed by atoms with Gasteiger partial charge in [-0.25, -0.2) is 0 Å². The van der Waals surface area contributed by atoms with E-state index < -0.39 is 0 Å². The van der Waals surface area contributed by atoms with E-state index in [4.69, 9.17) is 11.5 Å². The Hall–Kier alpha value is 0.359. The summed E-state index contributed by atoms with van der Waals surface area (Å²) in [6.07, 6.45) is 0. The van der Waals surface area contributed by atoms with Gasteiger partial charge in [-0.15, -0.1) is 0 Å². The molecule has 0 aliphatic carbocycles. The van der Waals surface area contributed by atoms with E-state index in [0.29, 0.717) is 0 Å². The van der Waals surface area contributed by atoms with Crippen molar-refractivity contribution < 1.29 is 17.1 Å². The van der Waals surface area contributed by atoms with Crippen molar-refractivity contribution in [3.8, 4) is 0 Å². The molecule has 0 heterocycles. The average molecular weight is 240 g/mol. The van der Waals surface area contributed by atoms with E-state index in [1.54, 1.807) is 0 Å². The number of hydrogen-bond acceptors (Lipinski definition) is 4. The third kappa shape index (κ3) is 32.8. The molecule has 0 amide bonds. The average Bonchev–Trinajstić information content (AvgIpc) is 1.87. The fourth-order valence-electron chi connectivity index (χ4n) is 0.516. The molecule has 0 aliphatic heterocycles. The number of likely N-dealkylation sites (N-methyl/N-ethyl adjacent to an activating group) is 2. The largest absolute Gasteiger partial charge is 2.00 e. The maximum Gasteiger partial charge on any atom is 2.00 e. The van der Waals surface area contributed by atoms with Gasteiger partial charge in [0.1, 0.15) is 0 Å². The summed E-state index contributed by atoms with van der Waals surface area (Å²) in [4.78, 5) is 4.11. The molecule has 85 valence electrons. The second-order valence-electron chi connectivity index (χ2n) is 3.18. The van der Waals surface area contributed by atoms with E-state index in [-0.39, 0.29) is 17.1 Å². The summed E-state index contributed by atoms with van der Waals surface area (Å²) < 4.78 is 0. The topological polar surface area (TPSA) is 58.5 Å². The first-order valence-corrected chi connectivity index (χ1v) is 4.24. The van der Waals surface area contributed by atoms with Crippen LogP contribution < -0.4 is 11.5 Å². The molecule has 0 spiro atoms. The molecule has 0 atom stereocenters. The van der Waals surface area contributed by atoms with Gasteiger partial charge in [-0.2, -0.15) is 0 Å². The predicted octanol–water partition coefficient (Wildman–Crippen LogP) is -0.989. The second-order valence-corrected chi connectivity index (χ2v) is 3.18. The van der Waals surface area contributed by atoms with E-state index in [2.05, 4.69) is 9.80 Å². The van der Waals surface area contributed by atoms with Crippen LogP contribution in [0.2, 0.25) is 0 Å². The molecule has 0 aromatic heterocycles. The summed E-state index contributed by atoms with van der Waals surface area (Å²) in [6, 6.07) is 0. The number of nitrogens with zero attached hydrogens (tertiary/aromatic N) is 2. The van der Waals surface area contributed by atoms with Gasteiger partial charge in [-0.1, -0.05) is 0 Å². The van der Waals surface area contributed by atoms with E-state index in [0.717, 1.165) is 26.2 Å². The van der Waals surface area contributed by atoms with E-state index in [9.17, 15) is 0 Å². The fourth-order valence-corrected chi connectivity index (χ4v) is 0.516. The second kappa shape index (κ2) is 14.9. The summed E-state index contributed by atoms with van der Waals surface area (Å²) in [6.45, 7) is 3.49. The van der Waals surface area contributed by atoms with Crippen LogP contribution >= 0.6 is 0 Å². The molecule has 0 fully saturated rings. The van der Waals surface area contributed by atoms with Crippen molar-refractivity contribution in [1.29, 1.82) is 0 Å². The third-order valence-electron chi connectivity index (χ3n) is 1.15. The zero-order valence-corrected chi connectivity index (χ0v) is 10.1. The van der Waals surface area contributed by atoms with Gasteiger partial charge in [0.25, 0.3) is 0 Å². The Morgan fingerprint density at radius 3 is 1.00 bits per heavy atom. The maximum atomic E-state index is 5.19. The van der Waals surface area contributed by atoms with Crippen LogP contribution in [0, 0.1) is 0 Å². The van der Waals surface area contributed by atoms with Gasteiger partial charge in [-0.3, -0.25) is 0 Å². The number of rotatable bonds is 4. The molecule has 0 unspecified atom stereocenters. The molecular formula is C8H24CuN4+2. The molecule has 0 saturated heterocycles. The molecule has 0 aromatic carbocycles. The van der Waals surface area contributed by atoms with Crippen molar-refractivity contribution >= 4 is 0 Å². The molecule has 1 radical (unpaired) electrons. The molecule has 0 aliphatic rings. The standard InChI is InChI=1S/2C4H12N2.Cu/c2*1-6(2)4-3-5;/h2*3-5H2,1-2H3;/q;;+2. The van der Waals surface area contributed by atoms with Crippen LogP contribution in [0.3, 0.4) is 0 Å². The monoisotopic (exact) mass is 239 g/mol. The third-order valence-corrected chi connectivity index (χ3v) is 1.15. The van der Waals surface area contributed by atoms with Crippen LogP contribution in [0.4, 0.5) is 0 Å². The molecule has 0 saturated carbocycles. The molecular weight excluding hydrogens is 216 g/mol. The first-order valence-electron chi connectivity index (χ1n) is 4.24. The molecule has 4 N–H and O–H groups in total. The van der Waals surface area contributed by atoms with Crippen molar-refractivity contribution in [3.05, 3.63) is 0 Å². The molecule has 0 aromatic rings. The fraction of sp³-hybridized carbons (Fsp3) is 1.00. The maximum absolute atomic E-state index is 5.19. The van der Waals surface area contributed by atoms with Crippen LogP contribution in [-0.4, -0.2) is 64.2 Å². The van der Waals surface area contributed by atoms with Gasteiger partial charge in [0.05, 0.1) is 0 Å². The van der Waals surface area contributed by atoms with Crippen LogP contribution in [-0.2, 0) is 17.1 Å². The normalized spacial score (nSPS) is 9.23. The number of nitrogens with two attached hydrogens (primary N) is 2. The minimum absolute atomic E-state index is 0. The molecule has 13 heavy (non-hydrogen) atoms. The Labute approximate surface area is 93.1 Å². The predicted molar refractivity (Wildman–Crippen MR) is 55.2 cm³/mol. The minimum atomic E-state index is 0. The Morgan fingerprint density at radius 2 is 1.00 bits per heavy atom. The van der Waals surface area contributed by atoms with Gasteiger partial charge in [0, 0.05) is 26.2 Å². The van der Waals surface area contributed by atoms with Gasteiger partial charge in [0.2, 0.25) is 0 Å². The zero-order chi connectivity index (χ0) is 9.98. The summed E-state index contributed by atoms with van der Waals surface area (Å²) in [5.74, 6) is 0. The van der Waals surface area contributed by atoms with E-state index in [1.165, 1.54) is 0 Å². The van der Waals surface area contributed by atoms with Crippen LogP contribution in [0.25, 0.3) is 0 Å². The summed E-state index contributed by atoms with van der Waals surface area (Å²) >= 11 is 0. The summed E-state index contributed by atoms with van der Waals surface area (Å²) in [5, 5.41) is 0. The van der Waals surface area contributed by atoms with Crippen LogP contribution in [0.1, 0.15) is 0 Å². The summed E-state index contributed by atoms with van der Waals surface area (Å²) in [7, 11) is 8.03. The first kappa shape index (κ1) is 19.0. The smallest absolute Gasteiger partial charge is 0.329 e.